The molecule has 6 nitrogen and oxygen atoms in total. The van der Waals surface area contributed by atoms with E-state index in [0.29, 0.717) is 32.5 Å². The number of hydrogen-bond donors (Lipinski definition) is 1. The molecule has 3 heterocycles. The molecule has 1 unspecified atom stereocenters. The summed E-state index contributed by atoms with van der Waals surface area (Å²) in [5.74, 6) is 0.0908. The van der Waals surface area contributed by atoms with Crippen LogP contribution in [0.1, 0.15) is 24.8 Å². The Labute approximate surface area is 186 Å². The molecule has 1 atom stereocenters. The standard InChI is InChI=1S/C24H28N4O2S/c1-25-23(30)24(17-19-7-2-3-8-20(19)21-9-4-16-31-21)11-5-13-27(18-24)22(29)10-15-28-14-6-12-26-28/h2-4,6-9,12,14,16H,5,10-11,13,15,17-18H2,1H3,(H,25,30). The SMILES string of the molecule is CNC(=O)C1(Cc2ccccc2-c2cccs2)CCCN(C(=O)CCn2cccn2)C1. The molecule has 1 aromatic carbocycles. The first-order valence-corrected chi connectivity index (χ1v) is 11.6. The number of carbonyl (C=O) groups excluding carboxylic acids is 2. The van der Waals surface area contributed by atoms with E-state index in [1.165, 1.54) is 10.4 Å². The molecule has 2 amide bonds. The van der Waals surface area contributed by atoms with Crippen LogP contribution in [0.4, 0.5) is 0 Å². The van der Waals surface area contributed by atoms with Gasteiger partial charge in [-0.05, 0) is 47.9 Å². The molecule has 1 saturated heterocycles. The van der Waals surface area contributed by atoms with E-state index >= 15 is 0 Å². The molecule has 1 aliphatic heterocycles. The van der Waals surface area contributed by atoms with E-state index in [9.17, 15) is 9.59 Å². The summed E-state index contributed by atoms with van der Waals surface area (Å²) in [4.78, 5) is 29.2. The van der Waals surface area contributed by atoms with Gasteiger partial charge in [0.05, 0.1) is 5.41 Å². The van der Waals surface area contributed by atoms with Crippen molar-refractivity contribution in [1.29, 1.82) is 0 Å². The average Bonchev–Trinajstić information content (AvgIpc) is 3.52. The zero-order valence-corrected chi connectivity index (χ0v) is 18.6. The van der Waals surface area contributed by atoms with Crippen molar-refractivity contribution in [3.8, 4) is 10.4 Å². The monoisotopic (exact) mass is 436 g/mol. The van der Waals surface area contributed by atoms with E-state index in [0.717, 1.165) is 18.4 Å². The molecule has 31 heavy (non-hydrogen) atoms. The highest BCUT2D eigenvalue weighted by Crippen LogP contribution is 2.38. The van der Waals surface area contributed by atoms with Crippen molar-refractivity contribution in [2.45, 2.75) is 32.2 Å². The van der Waals surface area contributed by atoms with Crippen molar-refractivity contribution in [3.05, 3.63) is 65.8 Å². The molecule has 2 aromatic heterocycles. The van der Waals surface area contributed by atoms with Crippen LogP contribution in [0.5, 0.6) is 0 Å². The molecular weight excluding hydrogens is 408 g/mol. The quantitative estimate of drug-likeness (QED) is 0.615. The zero-order valence-electron chi connectivity index (χ0n) is 17.8. The second kappa shape index (κ2) is 9.47. The second-order valence-corrected chi connectivity index (χ2v) is 9.06. The van der Waals surface area contributed by atoms with Crippen LogP contribution in [0.3, 0.4) is 0 Å². The predicted molar refractivity (Wildman–Crippen MR) is 123 cm³/mol. The number of nitrogens with one attached hydrogen (secondary N) is 1. The Morgan fingerprint density at radius 1 is 1.19 bits per heavy atom. The minimum absolute atomic E-state index is 0.0121. The number of rotatable bonds is 7. The summed E-state index contributed by atoms with van der Waals surface area (Å²) in [6, 6.07) is 14.3. The summed E-state index contributed by atoms with van der Waals surface area (Å²) < 4.78 is 1.77. The Kier molecular flexibility index (Phi) is 6.51. The lowest BCUT2D eigenvalue weighted by Crippen LogP contribution is -2.54. The fourth-order valence-corrected chi connectivity index (χ4v) is 5.32. The molecular formula is C24H28N4O2S. The summed E-state index contributed by atoms with van der Waals surface area (Å²) in [6.45, 7) is 1.70. The third kappa shape index (κ3) is 4.71. The second-order valence-electron chi connectivity index (χ2n) is 8.11. The molecule has 0 radical (unpaired) electrons. The summed E-state index contributed by atoms with van der Waals surface area (Å²) in [5.41, 5.74) is 1.70. The number of amides is 2. The van der Waals surface area contributed by atoms with E-state index in [2.05, 4.69) is 34.0 Å². The number of piperidine rings is 1. The fourth-order valence-electron chi connectivity index (χ4n) is 4.53. The lowest BCUT2D eigenvalue weighted by molar-refractivity contribution is -0.141. The van der Waals surface area contributed by atoms with Crippen LogP contribution >= 0.6 is 11.3 Å². The maximum Gasteiger partial charge on any atom is 0.228 e. The van der Waals surface area contributed by atoms with Gasteiger partial charge in [-0.2, -0.15) is 5.10 Å². The average molecular weight is 437 g/mol. The van der Waals surface area contributed by atoms with Gasteiger partial charge in [-0.1, -0.05) is 30.3 Å². The summed E-state index contributed by atoms with van der Waals surface area (Å²) in [5, 5.41) is 9.12. The molecule has 0 saturated carbocycles. The molecule has 1 aliphatic rings. The Morgan fingerprint density at radius 2 is 2.06 bits per heavy atom. The number of benzene rings is 1. The van der Waals surface area contributed by atoms with Crippen molar-refractivity contribution in [2.24, 2.45) is 5.41 Å². The third-order valence-corrected chi connectivity index (χ3v) is 6.99. The molecule has 1 fully saturated rings. The van der Waals surface area contributed by atoms with Gasteiger partial charge in [0.15, 0.2) is 0 Å². The number of aryl methyl sites for hydroxylation is 1. The summed E-state index contributed by atoms with van der Waals surface area (Å²) in [7, 11) is 1.69. The molecule has 3 aromatic rings. The van der Waals surface area contributed by atoms with Crippen molar-refractivity contribution in [2.75, 3.05) is 20.1 Å². The van der Waals surface area contributed by atoms with Crippen molar-refractivity contribution in [1.82, 2.24) is 20.0 Å². The highest BCUT2D eigenvalue weighted by Gasteiger charge is 2.43. The summed E-state index contributed by atoms with van der Waals surface area (Å²) >= 11 is 1.70. The lowest BCUT2D eigenvalue weighted by Gasteiger charge is -2.42. The predicted octanol–water partition coefficient (Wildman–Crippen LogP) is 3.60. The molecule has 1 N–H and O–H groups in total. The van der Waals surface area contributed by atoms with Crippen molar-refractivity contribution in [3.63, 3.8) is 0 Å². The van der Waals surface area contributed by atoms with E-state index in [-0.39, 0.29) is 11.8 Å². The van der Waals surface area contributed by atoms with Gasteiger partial charge in [-0.25, -0.2) is 0 Å². The van der Waals surface area contributed by atoms with Crippen LogP contribution < -0.4 is 5.32 Å². The fraction of sp³-hybridized carbons (Fsp3) is 0.375. The Bertz CT molecular complexity index is 1020. The van der Waals surface area contributed by atoms with Crippen molar-refractivity contribution < 1.29 is 9.59 Å². The number of carbonyl (C=O) groups is 2. The van der Waals surface area contributed by atoms with Crippen LogP contribution in [0, 0.1) is 5.41 Å². The smallest absolute Gasteiger partial charge is 0.228 e. The molecule has 0 aliphatic carbocycles. The van der Waals surface area contributed by atoms with Crippen LogP contribution in [-0.2, 0) is 22.6 Å². The minimum Gasteiger partial charge on any atom is -0.359 e. The molecule has 0 spiro atoms. The van der Waals surface area contributed by atoms with Crippen LogP contribution in [0.25, 0.3) is 10.4 Å². The molecule has 7 heteroatoms. The summed E-state index contributed by atoms with van der Waals surface area (Å²) in [6.07, 6.45) is 6.17. The molecule has 4 rings (SSSR count). The number of hydrogen-bond acceptors (Lipinski definition) is 4. The first kappa shape index (κ1) is 21.3. The van der Waals surface area contributed by atoms with E-state index in [1.54, 1.807) is 29.3 Å². The van der Waals surface area contributed by atoms with Crippen LogP contribution in [0.2, 0.25) is 0 Å². The van der Waals surface area contributed by atoms with Gasteiger partial charge in [-0.15, -0.1) is 11.3 Å². The zero-order chi connectivity index (χ0) is 21.7. The number of likely N-dealkylation sites (tertiary alicyclic amines) is 1. The topological polar surface area (TPSA) is 67.2 Å². The van der Waals surface area contributed by atoms with E-state index < -0.39 is 5.41 Å². The van der Waals surface area contributed by atoms with Crippen molar-refractivity contribution >= 4 is 23.2 Å². The van der Waals surface area contributed by atoms with Gasteiger partial charge in [-0.3, -0.25) is 14.3 Å². The Morgan fingerprint density at radius 3 is 2.81 bits per heavy atom. The number of thiophene rings is 1. The van der Waals surface area contributed by atoms with E-state index in [4.69, 9.17) is 0 Å². The van der Waals surface area contributed by atoms with Gasteiger partial charge in [0, 0.05) is 50.4 Å². The van der Waals surface area contributed by atoms with Gasteiger partial charge >= 0.3 is 0 Å². The number of nitrogens with zero attached hydrogens (tertiary/aromatic N) is 3. The largest absolute Gasteiger partial charge is 0.359 e. The van der Waals surface area contributed by atoms with E-state index in [1.807, 2.05) is 35.4 Å². The highest BCUT2D eigenvalue weighted by molar-refractivity contribution is 7.13. The van der Waals surface area contributed by atoms with Gasteiger partial charge < -0.3 is 10.2 Å². The maximum absolute atomic E-state index is 13.1. The van der Waals surface area contributed by atoms with Gasteiger partial charge in [0.25, 0.3) is 0 Å². The van der Waals surface area contributed by atoms with Crippen LogP contribution in [-0.4, -0.2) is 46.6 Å². The Hall–Kier alpha value is -2.93. The maximum atomic E-state index is 13.1. The minimum atomic E-state index is -0.623. The molecule has 162 valence electrons. The normalized spacial score (nSPS) is 18.7. The lowest BCUT2D eigenvalue weighted by atomic mass is 9.73. The molecule has 0 bridgehead atoms. The first-order chi connectivity index (χ1) is 15.1. The third-order valence-electron chi connectivity index (χ3n) is 6.09. The first-order valence-electron chi connectivity index (χ1n) is 10.7. The van der Waals surface area contributed by atoms with Crippen LogP contribution in [0.15, 0.2) is 60.2 Å². The highest BCUT2D eigenvalue weighted by atomic mass is 32.1. The number of aromatic nitrogens is 2. The Balaban J connectivity index is 1.55. The van der Waals surface area contributed by atoms with Gasteiger partial charge in [0.2, 0.25) is 11.8 Å². The van der Waals surface area contributed by atoms with Gasteiger partial charge in [0.1, 0.15) is 0 Å².